The van der Waals surface area contributed by atoms with Crippen molar-refractivity contribution in [3.05, 3.63) is 95.9 Å². The van der Waals surface area contributed by atoms with Crippen LogP contribution >= 0.6 is 0 Å². The predicted octanol–water partition coefficient (Wildman–Crippen LogP) is 6.63. The van der Waals surface area contributed by atoms with Crippen LogP contribution < -0.4 is 0 Å². The molecule has 0 N–H and O–H groups in total. The Bertz CT molecular complexity index is 1490. The first-order valence-electron chi connectivity index (χ1n) is 12.4. The SMILES string of the molecule is O=S(=O)(c1cccc2cccnc12)N(Cc1cccn1Cc1cccc(C(F)(F)F)c1)C1CCCCC1. The number of aromatic nitrogens is 2. The fourth-order valence-electron chi connectivity index (χ4n) is 5.14. The summed E-state index contributed by atoms with van der Waals surface area (Å²) in [7, 11) is -3.91. The van der Waals surface area contributed by atoms with Gasteiger partial charge in [-0.25, -0.2) is 8.42 Å². The first-order valence-corrected chi connectivity index (χ1v) is 13.8. The van der Waals surface area contributed by atoms with E-state index in [0.29, 0.717) is 11.1 Å². The molecule has 9 heteroatoms. The quantitative estimate of drug-likeness (QED) is 0.271. The number of fused-ring (bicyclic) bond motifs is 1. The second-order valence-electron chi connectivity index (χ2n) is 9.50. The van der Waals surface area contributed by atoms with Gasteiger partial charge in [-0.05, 0) is 54.8 Å². The van der Waals surface area contributed by atoms with Crippen LogP contribution in [0.4, 0.5) is 13.2 Å². The molecule has 0 saturated heterocycles. The summed E-state index contributed by atoms with van der Waals surface area (Å²) in [5.41, 5.74) is 0.955. The molecule has 4 aromatic rings. The van der Waals surface area contributed by atoms with Crippen molar-refractivity contribution in [1.82, 2.24) is 13.9 Å². The Morgan fingerprint density at radius 2 is 1.70 bits per heavy atom. The number of nitrogens with zero attached hydrogens (tertiary/aromatic N) is 3. The molecule has 0 spiro atoms. The summed E-state index contributed by atoms with van der Waals surface area (Å²) >= 11 is 0. The third-order valence-corrected chi connectivity index (χ3v) is 8.94. The zero-order valence-electron chi connectivity index (χ0n) is 20.2. The van der Waals surface area contributed by atoms with Gasteiger partial charge in [0, 0.05) is 36.1 Å². The number of benzene rings is 2. The number of rotatable bonds is 7. The molecule has 0 amide bonds. The van der Waals surface area contributed by atoms with Crippen molar-refractivity contribution in [3.8, 4) is 0 Å². The molecule has 0 aliphatic heterocycles. The number of alkyl halides is 3. The number of para-hydroxylation sites is 1. The Kier molecular flexibility index (Phi) is 7.09. The molecule has 2 aromatic carbocycles. The van der Waals surface area contributed by atoms with Gasteiger partial charge in [-0.2, -0.15) is 17.5 Å². The van der Waals surface area contributed by atoms with Crippen LogP contribution in [0.1, 0.15) is 48.9 Å². The second-order valence-corrected chi connectivity index (χ2v) is 11.4. The lowest BCUT2D eigenvalue weighted by atomic mass is 9.95. The zero-order chi connectivity index (χ0) is 26.0. The molecule has 0 atom stereocenters. The number of halogens is 3. The summed E-state index contributed by atoms with van der Waals surface area (Å²) < 4.78 is 71.4. The molecule has 5 nitrogen and oxygen atoms in total. The van der Waals surface area contributed by atoms with E-state index in [1.165, 1.54) is 6.07 Å². The Balaban J connectivity index is 1.50. The fourth-order valence-corrected chi connectivity index (χ4v) is 6.96. The molecule has 2 aromatic heterocycles. The minimum absolute atomic E-state index is 0.127. The largest absolute Gasteiger partial charge is 0.416 e. The average Bonchev–Trinajstić information content (AvgIpc) is 3.33. The molecule has 1 aliphatic rings. The van der Waals surface area contributed by atoms with Crippen LogP contribution in [0.5, 0.6) is 0 Å². The summed E-state index contributed by atoms with van der Waals surface area (Å²) in [5.74, 6) is 0. The molecule has 194 valence electrons. The van der Waals surface area contributed by atoms with Crippen LogP contribution in [-0.2, 0) is 29.3 Å². The molecular weight excluding hydrogens is 499 g/mol. The van der Waals surface area contributed by atoms with E-state index in [4.69, 9.17) is 0 Å². The predicted molar refractivity (Wildman–Crippen MR) is 136 cm³/mol. The van der Waals surface area contributed by atoms with Crippen LogP contribution in [-0.4, -0.2) is 28.3 Å². The van der Waals surface area contributed by atoms with Crippen molar-refractivity contribution in [2.45, 2.75) is 62.3 Å². The summed E-state index contributed by atoms with van der Waals surface area (Å²) in [4.78, 5) is 4.54. The Hall–Kier alpha value is -3.17. The van der Waals surface area contributed by atoms with Crippen molar-refractivity contribution >= 4 is 20.9 Å². The smallest absolute Gasteiger partial charge is 0.346 e. The zero-order valence-corrected chi connectivity index (χ0v) is 21.0. The van der Waals surface area contributed by atoms with Gasteiger partial charge in [0.25, 0.3) is 0 Å². The van der Waals surface area contributed by atoms with Gasteiger partial charge in [0.2, 0.25) is 10.0 Å². The van der Waals surface area contributed by atoms with Crippen LogP contribution in [0.2, 0.25) is 0 Å². The van der Waals surface area contributed by atoms with Gasteiger partial charge >= 0.3 is 6.18 Å². The minimum Gasteiger partial charge on any atom is -0.346 e. The first-order chi connectivity index (χ1) is 17.7. The van der Waals surface area contributed by atoms with Gasteiger partial charge in [0.05, 0.1) is 17.6 Å². The molecule has 0 radical (unpaired) electrons. The lowest BCUT2D eigenvalue weighted by Crippen LogP contribution is -2.41. The van der Waals surface area contributed by atoms with E-state index in [0.717, 1.165) is 55.3 Å². The molecule has 0 bridgehead atoms. The van der Waals surface area contributed by atoms with Crippen molar-refractivity contribution in [2.75, 3.05) is 0 Å². The van der Waals surface area contributed by atoms with Crippen LogP contribution in [0.3, 0.4) is 0 Å². The molecule has 2 heterocycles. The average molecular weight is 528 g/mol. The lowest BCUT2D eigenvalue weighted by molar-refractivity contribution is -0.137. The van der Waals surface area contributed by atoms with E-state index >= 15 is 0 Å². The Morgan fingerprint density at radius 3 is 2.49 bits per heavy atom. The highest BCUT2D eigenvalue weighted by molar-refractivity contribution is 7.89. The Morgan fingerprint density at radius 1 is 0.946 bits per heavy atom. The summed E-state index contributed by atoms with van der Waals surface area (Å²) in [6.07, 6.45) is 3.47. The van der Waals surface area contributed by atoms with Gasteiger partial charge in [0.15, 0.2) is 0 Å². The molecule has 5 rings (SSSR count). The number of pyridine rings is 1. The van der Waals surface area contributed by atoms with Gasteiger partial charge in [-0.1, -0.05) is 49.6 Å². The molecule has 1 fully saturated rings. The third-order valence-electron chi connectivity index (χ3n) is 7.01. The minimum atomic E-state index is -4.42. The molecule has 1 saturated carbocycles. The number of hydrogen-bond donors (Lipinski definition) is 0. The van der Waals surface area contributed by atoms with Crippen molar-refractivity contribution in [3.63, 3.8) is 0 Å². The van der Waals surface area contributed by atoms with Crippen molar-refractivity contribution in [2.24, 2.45) is 0 Å². The van der Waals surface area contributed by atoms with Crippen molar-refractivity contribution < 1.29 is 21.6 Å². The van der Waals surface area contributed by atoms with E-state index in [1.54, 1.807) is 47.0 Å². The van der Waals surface area contributed by atoms with Crippen LogP contribution in [0.25, 0.3) is 10.9 Å². The first kappa shape index (κ1) is 25.5. The maximum Gasteiger partial charge on any atom is 0.416 e. The highest BCUT2D eigenvalue weighted by Gasteiger charge is 2.34. The standard InChI is InChI=1S/C28H28F3N3O2S/c29-28(30,31)23-11-4-8-21(18-23)19-33-17-7-14-25(33)20-34(24-12-2-1-3-13-24)37(35,36)26-15-5-9-22-10-6-16-32-27(22)26/h4-11,14-18,24H,1-3,12-13,19-20H2. The lowest BCUT2D eigenvalue weighted by Gasteiger charge is -2.34. The van der Waals surface area contributed by atoms with Gasteiger partial charge in [0.1, 0.15) is 4.90 Å². The molecule has 1 aliphatic carbocycles. The van der Waals surface area contributed by atoms with Gasteiger partial charge in [-0.3, -0.25) is 4.98 Å². The number of hydrogen-bond acceptors (Lipinski definition) is 3. The molecule has 37 heavy (non-hydrogen) atoms. The van der Waals surface area contributed by atoms with Crippen LogP contribution in [0.15, 0.2) is 84.0 Å². The maximum atomic E-state index is 14.1. The summed E-state index contributed by atoms with van der Waals surface area (Å²) in [5, 5.41) is 0.750. The van der Waals surface area contributed by atoms with Gasteiger partial charge < -0.3 is 4.57 Å². The van der Waals surface area contributed by atoms with E-state index in [-0.39, 0.29) is 24.0 Å². The summed E-state index contributed by atoms with van der Waals surface area (Å²) in [6, 6.07) is 17.5. The van der Waals surface area contributed by atoms with E-state index < -0.39 is 21.8 Å². The van der Waals surface area contributed by atoms with Crippen LogP contribution in [0, 0.1) is 0 Å². The second kappa shape index (κ2) is 10.3. The topological polar surface area (TPSA) is 55.2 Å². The Labute approximate surface area is 214 Å². The molecule has 0 unspecified atom stereocenters. The monoisotopic (exact) mass is 527 g/mol. The van der Waals surface area contributed by atoms with E-state index in [2.05, 4.69) is 4.98 Å². The van der Waals surface area contributed by atoms with E-state index in [1.807, 2.05) is 22.8 Å². The van der Waals surface area contributed by atoms with Gasteiger partial charge in [-0.15, -0.1) is 0 Å². The molecular formula is C28H28F3N3O2S. The highest BCUT2D eigenvalue weighted by atomic mass is 32.2. The van der Waals surface area contributed by atoms with E-state index in [9.17, 15) is 21.6 Å². The highest BCUT2D eigenvalue weighted by Crippen LogP contribution is 2.33. The number of sulfonamides is 1. The summed E-state index contributed by atoms with van der Waals surface area (Å²) in [6.45, 7) is 0.336. The maximum absolute atomic E-state index is 14.1. The van der Waals surface area contributed by atoms with Crippen molar-refractivity contribution in [1.29, 1.82) is 0 Å². The third kappa shape index (κ3) is 5.43. The fraction of sp³-hybridized carbons (Fsp3) is 0.321. The normalized spacial score (nSPS) is 15.5.